The van der Waals surface area contributed by atoms with Crippen LogP contribution in [0.25, 0.3) is 10.3 Å². The first-order chi connectivity index (χ1) is 15.1. The summed E-state index contributed by atoms with van der Waals surface area (Å²) in [7, 11) is 0. The first kappa shape index (κ1) is 20.0. The van der Waals surface area contributed by atoms with Crippen LogP contribution in [0.5, 0.6) is 5.75 Å². The number of piperidine rings is 1. The number of benzene rings is 1. The van der Waals surface area contributed by atoms with Gasteiger partial charge in [0.25, 0.3) is 0 Å². The van der Waals surface area contributed by atoms with Gasteiger partial charge in [0, 0.05) is 6.07 Å². The Morgan fingerprint density at radius 2 is 2.16 bits per heavy atom. The van der Waals surface area contributed by atoms with E-state index in [0.717, 1.165) is 25.9 Å². The molecule has 5 rings (SSSR count). The second-order valence-corrected chi connectivity index (χ2v) is 8.66. The molecule has 0 radical (unpaired) electrons. The number of nitrogens with one attached hydrogen (secondary N) is 2. The molecule has 0 unspecified atom stereocenters. The van der Waals surface area contributed by atoms with Gasteiger partial charge in [-0.05, 0) is 50.4 Å². The number of nitrogens with zero attached hydrogens (tertiary/aromatic N) is 4. The van der Waals surface area contributed by atoms with Crippen LogP contribution in [0.1, 0.15) is 29.1 Å². The lowest BCUT2D eigenvalue weighted by atomic mass is 9.91. The summed E-state index contributed by atoms with van der Waals surface area (Å²) in [4.78, 5) is 28.6. The number of ether oxygens (including phenoxy) is 1. The van der Waals surface area contributed by atoms with Crippen molar-refractivity contribution in [3.05, 3.63) is 35.4 Å². The van der Waals surface area contributed by atoms with E-state index in [2.05, 4.69) is 20.3 Å². The number of rotatable bonds is 5. The summed E-state index contributed by atoms with van der Waals surface area (Å²) >= 11 is 1.17. The zero-order valence-electron chi connectivity index (χ0n) is 16.7. The van der Waals surface area contributed by atoms with Crippen LogP contribution in [0.15, 0.2) is 24.5 Å². The van der Waals surface area contributed by atoms with Gasteiger partial charge >= 0.3 is 0 Å². The Bertz CT molecular complexity index is 1160. The van der Waals surface area contributed by atoms with Crippen LogP contribution in [-0.4, -0.2) is 52.7 Å². The van der Waals surface area contributed by atoms with Gasteiger partial charge < -0.3 is 20.4 Å². The zero-order chi connectivity index (χ0) is 21.4. The van der Waals surface area contributed by atoms with Crippen molar-refractivity contribution in [3.63, 3.8) is 0 Å². The lowest BCUT2D eigenvalue weighted by molar-refractivity contribution is 0.106. The molecule has 1 aromatic carbocycles. The van der Waals surface area contributed by atoms with E-state index < -0.39 is 0 Å². The molecule has 2 aliphatic heterocycles. The van der Waals surface area contributed by atoms with Gasteiger partial charge in [0.05, 0.1) is 17.9 Å². The van der Waals surface area contributed by atoms with E-state index in [9.17, 15) is 9.18 Å². The molecule has 31 heavy (non-hydrogen) atoms. The van der Waals surface area contributed by atoms with Gasteiger partial charge in [-0.15, -0.1) is 0 Å². The third-order valence-electron chi connectivity index (χ3n) is 5.64. The minimum Gasteiger partial charge on any atom is -0.489 e. The fraction of sp³-hybridized carbons (Fsp3) is 0.381. The number of aromatic nitrogens is 3. The number of fused-ring (bicyclic) bond motifs is 2. The SMILES string of the molecule is N=C(CC1CCNCC1)C(=O)c1nc2c(N3CCOc4cc(F)ccc43)ncnc2s1. The van der Waals surface area contributed by atoms with Gasteiger partial charge in [0.15, 0.2) is 10.8 Å². The van der Waals surface area contributed by atoms with Crippen molar-refractivity contribution in [2.75, 3.05) is 31.1 Å². The third-order valence-corrected chi connectivity index (χ3v) is 6.60. The largest absolute Gasteiger partial charge is 0.489 e. The highest BCUT2D eigenvalue weighted by Gasteiger charge is 2.27. The highest BCUT2D eigenvalue weighted by molar-refractivity contribution is 7.20. The molecule has 0 aliphatic carbocycles. The number of anilines is 2. The van der Waals surface area contributed by atoms with Gasteiger partial charge in [-0.25, -0.2) is 19.3 Å². The monoisotopic (exact) mass is 440 g/mol. The predicted molar refractivity (Wildman–Crippen MR) is 116 cm³/mol. The van der Waals surface area contributed by atoms with Crippen molar-refractivity contribution < 1.29 is 13.9 Å². The van der Waals surface area contributed by atoms with Crippen LogP contribution < -0.4 is 15.0 Å². The second kappa shape index (κ2) is 8.27. The Balaban J connectivity index is 1.45. The predicted octanol–water partition coefficient (Wildman–Crippen LogP) is 3.35. The van der Waals surface area contributed by atoms with Gasteiger partial charge in [0.2, 0.25) is 5.78 Å². The zero-order valence-corrected chi connectivity index (χ0v) is 17.5. The molecular formula is C21H21FN6O2S. The van der Waals surface area contributed by atoms with Crippen LogP contribution >= 0.6 is 11.3 Å². The molecule has 2 N–H and O–H groups in total. The van der Waals surface area contributed by atoms with E-state index in [1.807, 2.05) is 4.90 Å². The third kappa shape index (κ3) is 3.88. The molecule has 3 aromatic rings. The normalized spacial score (nSPS) is 16.7. The minimum absolute atomic E-state index is 0.0904. The molecule has 0 amide bonds. The fourth-order valence-electron chi connectivity index (χ4n) is 4.05. The summed E-state index contributed by atoms with van der Waals surface area (Å²) in [5.74, 6) is 0.612. The van der Waals surface area contributed by atoms with E-state index in [4.69, 9.17) is 10.1 Å². The summed E-state index contributed by atoms with van der Waals surface area (Å²) in [5, 5.41) is 11.9. The number of halogens is 1. The lowest BCUT2D eigenvalue weighted by Crippen LogP contribution is -2.30. The lowest BCUT2D eigenvalue weighted by Gasteiger charge is -2.30. The Morgan fingerprint density at radius 1 is 1.32 bits per heavy atom. The van der Waals surface area contributed by atoms with Gasteiger partial charge in [-0.1, -0.05) is 11.3 Å². The molecular weight excluding hydrogens is 419 g/mol. The average Bonchev–Trinajstić information content (AvgIpc) is 3.23. The highest BCUT2D eigenvalue weighted by atomic mass is 32.1. The molecule has 0 saturated carbocycles. The number of hydrogen-bond donors (Lipinski definition) is 2. The van der Waals surface area contributed by atoms with Crippen molar-refractivity contribution in [3.8, 4) is 5.75 Å². The second-order valence-electron chi connectivity index (χ2n) is 7.69. The van der Waals surface area contributed by atoms with Crippen LogP contribution in [-0.2, 0) is 0 Å². The van der Waals surface area contributed by atoms with E-state index in [-0.39, 0.29) is 22.3 Å². The Morgan fingerprint density at radius 3 is 3.00 bits per heavy atom. The van der Waals surface area contributed by atoms with Gasteiger partial charge in [-0.3, -0.25) is 4.79 Å². The number of thiazole rings is 1. The topological polar surface area (TPSA) is 104 Å². The van der Waals surface area contributed by atoms with E-state index in [1.54, 1.807) is 6.07 Å². The van der Waals surface area contributed by atoms with Crippen molar-refractivity contribution in [2.24, 2.45) is 5.92 Å². The molecule has 4 heterocycles. The first-order valence-corrected chi connectivity index (χ1v) is 11.1. The molecule has 0 spiro atoms. The minimum atomic E-state index is -0.373. The highest BCUT2D eigenvalue weighted by Crippen LogP contribution is 2.39. The van der Waals surface area contributed by atoms with Crippen molar-refractivity contribution in [1.29, 1.82) is 5.41 Å². The fourth-order valence-corrected chi connectivity index (χ4v) is 4.92. The quantitative estimate of drug-likeness (QED) is 0.463. The van der Waals surface area contributed by atoms with Crippen molar-refractivity contribution in [1.82, 2.24) is 20.3 Å². The molecule has 160 valence electrons. The number of carbonyl (C=O) groups excluding carboxylic acids is 1. The van der Waals surface area contributed by atoms with Crippen LogP contribution in [0.3, 0.4) is 0 Å². The number of hydrogen-bond acceptors (Lipinski definition) is 9. The number of Topliss-reactive ketones (excluding diaryl/α,β-unsaturated/α-hetero) is 1. The molecule has 10 heteroatoms. The molecule has 1 fully saturated rings. The first-order valence-electron chi connectivity index (χ1n) is 10.2. The van der Waals surface area contributed by atoms with Crippen LogP contribution in [0, 0.1) is 17.1 Å². The molecule has 2 aliphatic rings. The van der Waals surface area contributed by atoms with Crippen LogP contribution in [0.4, 0.5) is 15.9 Å². The maximum Gasteiger partial charge on any atom is 0.235 e. The summed E-state index contributed by atoms with van der Waals surface area (Å²) in [6, 6.07) is 4.36. The van der Waals surface area contributed by atoms with Crippen molar-refractivity contribution in [2.45, 2.75) is 19.3 Å². The molecule has 0 atom stereocenters. The van der Waals surface area contributed by atoms with Gasteiger partial charge in [0.1, 0.15) is 34.8 Å². The molecule has 1 saturated heterocycles. The van der Waals surface area contributed by atoms with Gasteiger partial charge in [-0.2, -0.15) is 0 Å². The Labute approximate surface area is 182 Å². The average molecular weight is 441 g/mol. The van der Waals surface area contributed by atoms with E-state index in [1.165, 1.54) is 29.8 Å². The standard InChI is InChI=1S/C21H21FN6O2S/c22-13-1-2-15-16(10-13)30-8-7-28(15)19-17-20(26-11-25-19)31-21(27-17)18(29)14(23)9-12-3-5-24-6-4-12/h1-2,10-12,23-24H,3-9H2. The molecule has 2 aromatic heterocycles. The number of carbonyl (C=O) groups is 1. The summed E-state index contributed by atoms with van der Waals surface area (Å²) in [5.41, 5.74) is 1.28. The Hall–Kier alpha value is -2.98. The number of ketones is 1. The maximum atomic E-state index is 13.6. The summed E-state index contributed by atoms with van der Waals surface area (Å²) in [6.45, 7) is 2.74. The smallest absolute Gasteiger partial charge is 0.235 e. The Kier molecular flexibility index (Phi) is 5.33. The van der Waals surface area contributed by atoms with E-state index in [0.29, 0.717) is 53.1 Å². The summed E-state index contributed by atoms with van der Waals surface area (Å²) in [6.07, 6.45) is 3.85. The maximum absolute atomic E-state index is 13.6. The molecule has 8 nitrogen and oxygen atoms in total. The van der Waals surface area contributed by atoms with Crippen LogP contribution in [0.2, 0.25) is 0 Å². The summed E-state index contributed by atoms with van der Waals surface area (Å²) < 4.78 is 19.2. The molecule has 0 bridgehead atoms. The van der Waals surface area contributed by atoms with E-state index >= 15 is 0 Å². The van der Waals surface area contributed by atoms with Crippen molar-refractivity contribution >= 4 is 44.7 Å².